The zero-order valence-electron chi connectivity index (χ0n) is 15.3. The van der Waals surface area contributed by atoms with Crippen molar-refractivity contribution in [1.29, 1.82) is 0 Å². The molecule has 140 valence electrons. The third-order valence-corrected chi connectivity index (χ3v) is 3.82. The van der Waals surface area contributed by atoms with Crippen LogP contribution in [0.15, 0.2) is 24.3 Å². The van der Waals surface area contributed by atoms with Gasteiger partial charge in [-0.05, 0) is 30.0 Å². The lowest BCUT2D eigenvalue weighted by Crippen LogP contribution is -2.18. The number of nitrogens with one attached hydrogen (secondary N) is 1. The molecule has 2 rings (SSSR count). The monoisotopic (exact) mass is 359 g/mol. The van der Waals surface area contributed by atoms with Gasteiger partial charge in [-0.15, -0.1) is 0 Å². The van der Waals surface area contributed by atoms with Crippen molar-refractivity contribution in [1.82, 2.24) is 15.3 Å². The molecule has 0 saturated carbocycles. The van der Waals surface area contributed by atoms with Gasteiger partial charge in [0.15, 0.2) is 0 Å². The van der Waals surface area contributed by atoms with Gasteiger partial charge in [0.05, 0.1) is 36.4 Å². The highest BCUT2D eigenvalue weighted by molar-refractivity contribution is 5.87. The number of aliphatic hydroxyl groups excluding tert-OH is 1. The molecule has 0 aromatic carbocycles. The summed E-state index contributed by atoms with van der Waals surface area (Å²) in [5.41, 5.74) is 3.05. The molecule has 0 fully saturated rings. The van der Waals surface area contributed by atoms with Gasteiger partial charge < -0.3 is 20.3 Å². The molecule has 7 nitrogen and oxygen atoms in total. The minimum absolute atomic E-state index is 0.112. The van der Waals surface area contributed by atoms with Crippen molar-refractivity contribution in [3.8, 4) is 5.88 Å². The first kappa shape index (κ1) is 19.8. The van der Waals surface area contributed by atoms with Gasteiger partial charge >= 0.3 is 5.97 Å². The second kappa shape index (κ2) is 9.26. The van der Waals surface area contributed by atoms with Gasteiger partial charge in [0.1, 0.15) is 0 Å². The maximum atomic E-state index is 11.2. The average molecular weight is 359 g/mol. The molecule has 3 N–H and O–H groups in total. The number of rotatable bonds is 9. The van der Waals surface area contributed by atoms with Crippen LogP contribution in [0.4, 0.5) is 0 Å². The Hall–Kier alpha value is -2.51. The number of carboxylic acid groups (broad SMARTS) is 1. The van der Waals surface area contributed by atoms with E-state index in [0.717, 1.165) is 17.7 Å². The Kier molecular flexibility index (Phi) is 7.06. The van der Waals surface area contributed by atoms with E-state index >= 15 is 0 Å². The molecule has 0 aliphatic rings. The molecule has 0 spiro atoms. The molecule has 0 aliphatic heterocycles. The van der Waals surface area contributed by atoms with Gasteiger partial charge in [0, 0.05) is 19.2 Å². The van der Waals surface area contributed by atoms with Crippen molar-refractivity contribution >= 4 is 5.97 Å². The van der Waals surface area contributed by atoms with E-state index in [1.54, 1.807) is 7.11 Å². The highest BCUT2D eigenvalue weighted by atomic mass is 16.5. The van der Waals surface area contributed by atoms with Crippen molar-refractivity contribution in [2.24, 2.45) is 5.92 Å². The fraction of sp³-hybridized carbons (Fsp3) is 0.421. The van der Waals surface area contributed by atoms with Gasteiger partial charge in [-0.25, -0.2) is 9.78 Å². The lowest BCUT2D eigenvalue weighted by atomic mass is 10.0. The Morgan fingerprint density at radius 2 is 1.92 bits per heavy atom. The van der Waals surface area contributed by atoms with Crippen LogP contribution in [0, 0.1) is 5.92 Å². The van der Waals surface area contributed by atoms with Gasteiger partial charge in [0.2, 0.25) is 5.88 Å². The fourth-order valence-corrected chi connectivity index (χ4v) is 2.66. The highest BCUT2D eigenvalue weighted by Gasteiger charge is 2.10. The van der Waals surface area contributed by atoms with E-state index in [0.29, 0.717) is 36.3 Å². The fourth-order valence-electron chi connectivity index (χ4n) is 2.66. The minimum Gasteiger partial charge on any atom is -0.481 e. The number of aromatic carboxylic acids is 1. The number of aromatic nitrogens is 2. The minimum atomic E-state index is -1.04. The van der Waals surface area contributed by atoms with Crippen molar-refractivity contribution in [3.63, 3.8) is 0 Å². The van der Waals surface area contributed by atoms with Gasteiger partial charge in [-0.3, -0.25) is 4.98 Å². The smallest absolute Gasteiger partial charge is 0.335 e. The van der Waals surface area contributed by atoms with Crippen molar-refractivity contribution in [3.05, 3.63) is 52.5 Å². The van der Waals surface area contributed by atoms with Crippen LogP contribution in [0.25, 0.3) is 0 Å². The number of hydrogen-bond donors (Lipinski definition) is 3. The maximum absolute atomic E-state index is 11.2. The highest BCUT2D eigenvalue weighted by Crippen LogP contribution is 2.17. The Morgan fingerprint density at radius 3 is 2.54 bits per heavy atom. The molecule has 0 saturated heterocycles. The van der Waals surface area contributed by atoms with E-state index < -0.39 is 5.97 Å². The van der Waals surface area contributed by atoms with Crippen molar-refractivity contribution < 1.29 is 19.7 Å². The average Bonchev–Trinajstić information content (AvgIpc) is 2.62. The molecule has 2 aromatic heterocycles. The third kappa shape index (κ3) is 5.50. The Labute approximate surface area is 153 Å². The second-order valence-corrected chi connectivity index (χ2v) is 6.46. The molecule has 0 bridgehead atoms. The number of carboxylic acids is 1. The van der Waals surface area contributed by atoms with E-state index in [1.807, 2.05) is 12.1 Å². The summed E-state index contributed by atoms with van der Waals surface area (Å²) in [6.45, 7) is 4.88. The zero-order chi connectivity index (χ0) is 19.1. The molecule has 2 heterocycles. The van der Waals surface area contributed by atoms with Crippen LogP contribution in [-0.2, 0) is 26.1 Å². The largest absolute Gasteiger partial charge is 0.481 e. The van der Waals surface area contributed by atoms with E-state index in [4.69, 9.17) is 9.84 Å². The molecule has 0 atom stereocenters. The topological polar surface area (TPSA) is 105 Å². The van der Waals surface area contributed by atoms with Crippen LogP contribution in [0.2, 0.25) is 0 Å². The number of pyridine rings is 2. The summed E-state index contributed by atoms with van der Waals surface area (Å²) in [7, 11) is 1.58. The number of ether oxygens (including phenoxy) is 1. The Balaban J connectivity index is 2.11. The number of nitrogens with zero attached hydrogens (tertiary/aromatic N) is 2. The van der Waals surface area contributed by atoms with Crippen LogP contribution < -0.4 is 10.1 Å². The lowest BCUT2D eigenvalue weighted by molar-refractivity contribution is 0.0696. The first-order valence-corrected chi connectivity index (χ1v) is 8.50. The van der Waals surface area contributed by atoms with Gasteiger partial charge in [0.25, 0.3) is 0 Å². The summed E-state index contributed by atoms with van der Waals surface area (Å²) < 4.78 is 5.21. The van der Waals surface area contributed by atoms with Crippen LogP contribution >= 0.6 is 0 Å². The van der Waals surface area contributed by atoms with Crippen LogP contribution in [-0.4, -0.2) is 33.3 Å². The summed E-state index contributed by atoms with van der Waals surface area (Å²) >= 11 is 0. The first-order chi connectivity index (χ1) is 12.4. The SMILES string of the molecule is COc1ccc(CC(C)C)c(CNCc2cc(C(=O)O)cc(CO)n2)n1. The third-order valence-electron chi connectivity index (χ3n) is 3.82. The summed E-state index contributed by atoms with van der Waals surface area (Å²) in [5, 5.41) is 21.7. The van der Waals surface area contributed by atoms with Crippen molar-refractivity contribution in [2.75, 3.05) is 7.11 Å². The number of carbonyl (C=O) groups is 1. The standard InChI is InChI=1S/C19H25N3O4/c1-12(2)6-13-4-5-18(26-3)22-17(13)10-20-9-15-7-14(19(24)25)8-16(11-23)21-15/h4-5,7-8,12,20,23H,6,9-11H2,1-3H3,(H,24,25). The molecular weight excluding hydrogens is 334 g/mol. The zero-order valence-corrected chi connectivity index (χ0v) is 15.3. The summed E-state index contributed by atoms with van der Waals surface area (Å²) in [6.07, 6.45) is 0.912. The van der Waals surface area contributed by atoms with E-state index in [1.165, 1.54) is 12.1 Å². The molecule has 0 amide bonds. The van der Waals surface area contributed by atoms with E-state index in [-0.39, 0.29) is 12.2 Å². The Bertz CT molecular complexity index is 762. The molecule has 2 aromatic rings. The van der Waals surface area contributed by atoms with Crippen molar-refractivity contribution in [2.45, 2.75) is 40.0 Å². The normalized spacial score (nSPS) is 11.0. The lowest BCUT2D eigenvalue weighted by Gasteiger charge is -2.13. The number of methoxy groups -OCH3 is 1. The van der Waals surface area contributed by atoms with Crippen LogP contribution in [0.5, 0.6) is 5.88 Å². The molecular formula is C19H25N3O4. The quantitative estimate of drug-likeness (QED) is 0.630. The van der Waals surface area contributed by atoms with E-state index in [9.17, 15) is 9.90 Å². The summed E-state index contributed by atoms with van der Waals surface area (Å²) in [6, 6.07) is 6.75. The summed E-state index contributed by atoms with van der Waals surface area (Å²) in [4.78, 5) is 19.9. The van der Waals surface area contributed by atoms with Gasteiger partial charge in [-0.2, -0.15) is 0 Å². The first-order valence-electron chi connectivity index (χ1n) is 8.50. The van der Waals surface area contributed by atoms with Crippen LogP contribution in [0.1, 0.15) is 46.9 Å². The number of aliphatic hydroxyl groups is 1. The Morgan fingerprint density at radius 1 is 1.19 bits per heavy atom. The van der Waals surface area contributed by atoms with Gasteiger partial charge in [-0.1, -0.05) is 19.9 Å². The molecule has 7 heteroatoms. The predicted molar refractivity (Wildman–Crippen MR) is 97.0 cm³/mol. The maximum Gasteiger partial charge on any atom is 0.335 e. The molecule has 0 unspecified atom stereocenters. The predicted octanol–water partition coefficient (Wildman–Crippen LogP) is 2.16. The molecule has 0 radical (unpaired) electrons. The second-order valence-electron chi connectivity index (χ2n) is 6.46. The van der Waals surface area contributed by atoms with E-state index in [2.05, 4.69) is 29.1 Å². The summed E-state index contributed by atoms with van der Waals surface area (Å²) in [5.74, 6) is 0.0184. The molecule has 26 heavy (non-hydrogen) atoms. The van der Waals surface area contributed by atoms with Crippen LogP contribution in [0.3, 0.4) is 0 Å². The molecule has 0 aliphatic carbocycles. The number of hydrogen-bond acceptors (Lipinski definition) is 6.